The number of piperazine rings is 1. The number of hydrogen-bond donors (Lipinski definition) is 2. The molecule has 2 nitrogen and oxygen atoms in total. The smallest absolute Gasteiger partial charge is 0.129 e. The lowest BCUT2D eigenvalue weighted by molar-refractivity contribution is 0.416. The minimum atomic E-state index is -0.152. The van der Waals surface area contributed by atoms with Gasteiger partial charge in [-0.2, -0.15) is 0 Å². The summed E-state index contributed by atoms with van der Waals surface area (Å²) in [4.78, 5) is 0. The zero-order chi connectivity index (χ0) is 9.97. The molecule has 1 heterocycles. The molecule has 15 heavy (non-hydrogen) atoms. The van der Waals surface area contributed by atoms with E-state index < -0.39 is 0 Å². The molecule has 0 aromatic heterocycles. The second-order valence-electron chi connectivity index (χ2n) is 3.38. The predicted octanol–water partition coefficient (Wildman–Crippen LogP) is 2.24. The van der Waals surface area contributed by atoms with E-state index in [4.69, 9.17) is 0 Å². The van der Waals surface area contributed by atoms with Gasteiger partial charge in [-0.3, -0.25) is 0 Å². The van der Waals surface area contributed by atoms with Crippen molar-refractivity contribution in [2.24, 2.45) is 0 Å². The minimum Gasteiger partial charge on any atom is -0.314 e. The van der Waals surface area contributed by atoms with Gasteiger partial charge in [-0.1, -0.05) is 22.0 Å². The molecule has 5 heteroatoms. The normalized spacial score (nSPS) is 20.8. The molecule has 2 rings (SSSR count). The van der Waals surface area contributed by atoms with Crippen LogP contribution in [0.5, 0.6) is 0 Å². The lowest BCUT2D eigenvalue weighted by atomic mass is 10.1. The quantitative estimate of drug-likeness (QED) is 0.830. The van der Waals surface area contributed by atoms with E-state index in [1.807, 2.05) is 12.1 Å². The summed E-state index contributed by atoms with van der Waals surface area (Å²) in [5.74, 6) is -0.152. The van der Waals surface area contributed by atoms with Crippen molar-refractivity contribution in [3.63, 3.8) is 0 Å². The Morgan fingerprint density at radius 3 is 2.73 bits per heavy atom. The zero-order valence-corrected chi connectivity index (χ0v) is 10.5. The van der Waals surface area contributed by atoms with E-state index in [1.165, 1.54) is 6.07 Å². The van der Waals surface area contributed by atoms with Crippen LogP contribution in [0.1, 0.15) is 11.6 Å². The fraction of sp³-hybridized carbons (Fsp3) is 0.400. The molecule has 0 aliphatic carbocycles. The van der Waals surface area contributed by atoms with Crippen molar-refractivity contribution in [2.45, 2.75) is 6.04 Å². The third-order valence-corrected chi connectivity index (χ3v) is 2.87. The Balaban J connectivity index is 0.00000112. The molecule has 1 fully saturated rings. The molecule has 0 bridgehead atoms. The third-order valence-electron chi connectivity index (χ3n) is 2.38. The molecule has 0 radical (unpaired) electrons. The van der Waals surface area contributed by atoms with Crippen LogP contribution in [-0.4, -0.2) is 19.6 Å². The van der Waals surface area contributed by atoms with Gasteiger partial charge in [0.15, 0.2) is 0 Å². The molecular weight excluding hydrogens is 282 g/mol. The summed E-state index contributed by atoms with van der Waals surface area (Å²) in [5.41, 5.74) is 0.736. The van der Waals surface area contributed by atoms with E-state index in [1.54, 1.807) is 0 Å². The first-order chi connectivity index (χ1) is 6.77. The van der Waals surface area contributed by atoms with Crippen LogP contribution in [0.2, 0.25) is 0 Å². The summed E-state index contributed by atoms with van der Waals surface area (Å²) in [6, 6.07) is 5.29. The van der Waals surface area contributed by atoms with Gasteiger partial charge in [0.25, 0.3) is 0 Å². The topological polar surface area (TPSA) is 24.1 Å². The van der Waals surface area contributed by atoms with Crippen molar-refractivity contribution in [1.29, 1.82) is 0 Å². The highest BCUT2D eigenvalue weighted by atomic mass is 79.9. The van der Waals surface area contributed by atoms with Crippen LogP contribution in [0.25, 0.3) is 0 Å². The summed E-state index contributed by atoms with van der Waals surface area (Å²) in [6.07, 6.45) is 0. The molecule has 0 saturated carbocycles. The lowest BCUT2D eigenvalue weighted by Gasteiger charge is -2.25. The van der Waals surface area contributed by atoms with Crippen LogP contribution >= 0.6 is 28.3 Å². The summed E-state index contributed by atoms with van der Waals surface area (Å²) in [7, 11) is 0. The van der Waals surface area contributed by atoms with Crippen molar-refractivity contribution >= 4 is 28.3 Å². The first kappa shape index (κ1) is 12.9. The maximum Gasteiger partial charge on any atom is 0.129 e. The Labute approximate surface area is 103 Å². The monoisotopic (exact) mass is 294 g/mol. The molecule has 84 valence electrons. The van der Waals surface area contributed by atoms with Crippen molar-refractivity contribution in [1.82, 2.24) is 10.6 Å². The largest absolute Gasteiger partial charge is 0.314 e. The van der Waals surface area contributed by atoms with Crippen molar-refractivity contribution in [3.05, 3.63) is 34.1 Å². The van der Waals surface area contributed by atoms with E-state index in [9.17, 15) is 4.39 Å². The van der Waals surface area contributed by atoms with Gasteiger partial charge in [0, 0.05) is 35.7 Å². The summed E-state index contributed by atoms with van der Waals surface area (Å²) in [6.45, 7) is 2.63. The average Bonchev–Trinajstić information content (AvgIpc) is 2.19. The van der Waals surface area contributed by atoms with Crippen molar-refractivity contribution in [2.75, 3.05) is 19.6 Å². The molecule has 0 spiro atoms. The van der Waals surface area contributed by atoms with Crippen LogP contribution in [0.3, 0.4) is 0 Å². The Kier molecular flexibility index (Phi) is 4.99. The van der Waals surface area contributed by atoms with Gasteiger partial charge in [0.05, 0.1) is 0 Å². The maximum atomic E-state index is 13.5. The van der Waals surface area contributed by atoms with Gasteiger partial charge in [-0.25, -0.2) is 4.39 Å². The lowest BCUT2D eigenvalue weighted by Crippen LogP contribution is -2.42. The van der Waals surface area contributed by atoms with Crippen molar-refractivity contribution < 1.29 is 4.39 Å². The average molecular weight is 296 g/mol. The van der Waals surface area contributed by atoms with E-state index in [0.29, 0.717) is 0 Å². The van der Waals surface area contributed by atoms with Gasteiger partial charge in [-0.15, -0.1) is 12.4 Å². The van der Waals surface area contributed by atoms with Crippen LogP contribution in [0.4, 0.5) is 4.39 Å². The maximum absolute atomic E-state index is 13.5. The van der Waals surface area contributed by atoms with Crippen LogP contribution in [0, 0.1) is 5.82 Å². The fourth-order valence-corrected chi connectivity index (χ4v) is 1.99. The van der Waals surface area contributed by atoms with Crippen LogP contribution < -0.4 is 10.6 Å². The Bertz CT molecular complexity index is 329. The molecule has 1 saturated heterocycles. The summed E-state index contributed by atoms with van der Waals surface area (Å²) < 4.78 is 14.3. The molecule has 1 aromatic carbocycles. The predicted molar refractivity (Wildman–Crippen MR) is 65.0 cm³/mol. The highest BCUT2D eigenvalue weighted by Gasteiger charge is 2.17. The minimum absolute atomic E-state index is 0. The second-order valence-corrected chi connectivity index (χ2v) is 4.29. The van der Waals surface area contributed by atoms with Gasteiger partial charge >= 0.3 is 0 Å². The highest BCUT2D eigenvalue weighted by molar-refractivity contribution is 9.10. The molecule has 1 aliphatic heterocycles. The number of rotatable bonds is 1. The third kappa shape index (κ3) is 3.14. The molecule has 1 aromatic rings. The van der Waals surface area contributed by atoms with E-state index in [-0.39, 0.29) is 24.3 Å². The Morgan fingerprint density at radius 1 is 1.33 bits per heavy atom. The molecule has 1 aliphatic rings. The highest BCUT2D eigenvalue weighted by Crippen LogP contribution is 2.21. The second kappa shape index (κ2) is 5.80. The first-order valence-corrected chi connectivity index (χ1v) is 5.46. The molecule has 0 amide bonds. The number of hydrogen-bond acceptors (Lipinski definition) is 2. The Morgan fingerprint density at radius 2 is 2.13 bits per heavy atom. The zero-order valence-electron chi connectivity index (χ0n) is 8.09. The number of benzene rings is 1. The SMILES string of the molecule is Cl.Fc1cc(Br)ccc1[C@H]1CNCCN1. The van der Waals surface area contributed by atoms with Gasteiger partial charge < -0.3 is 10.6 Å². The molecule has 0 unspecified atom stereocenters. The first-order valence-electron chi connectivity index (χ1n) is 4.66. The summed E-state index contributed by atoms with van der Waals surface area (Å²) >= 11 is 3.24. The number of nitrogens with one attached hydrogen (secondary N) is 2. The summed E-state index contributed by atoms with van der Waals surface area (Å²) in [5, 5.41) is 6.51. The van der Waals surface area contributed by atoms with Crippen molar-refractivity contribution in [3.8, 4) is 0 Å². The fourth-order valence-electron chi connectivity index (χ4n) is 1.66. The van der Waals surface area contributed by atoms with E-state index in [0.717, 1.165) is 29.7 Å². The standard InChI is InChI=1S/C10H12BrFN2.ClH/c11-7-1-2-8(9(12)5-7)10-6-13-3-4-14-10;/h1-2,5,10,13-14H,3-4,6H2;1H/t10-;/m1./s1. The molecule has 2 N–H and O–H groups in total. The molecular formula is C10H13BrClFN2. The Hall–Kier alpha value is -0.160. The van der Waals surface area contributed by atoms with E-state index >= 15 is 0 Å². The van der Waals surface area contributed by atoms with Gasteiger partial charge in [0.1, 0.15) is 5.82 Å². The number of halogens is 3. The van der Waals surface area contributed by atoms with E-state index in [2.05, 4.69) is 26.6 Å². The molecule has 1 atom stereocenters. The van der Waals surface area contributed by atoms with Crippen LogP contribution in [0.15, 0.2) is 22.7 Å². The van der Waals surface area contributed by atoms with Gasteiger partial charge in [-0.05, 0) is 12.1 Å². The van der Waals surface area contributed by atoms with Crippen LogP contribution in [-0.2, 0) is 0 Å². The van der Waals surface area contributed by atoms with Gasteiger partial charge in [0.2, 0.25) is 0 Å².